The molecule has 2 heterocycles. The summed E-state index contributed by atoms with van der Waals surface area (Å²) in [6.45, 7) is 4.22. The van der Waals surface area contributed by atoms with E-state index in [9.17, 15) is 22.8 Å². The largest absolute Gasteiger partial charge is 0.416 e. The lowest BCUT2D eigenvalue weighted by molar-refractivity contribution is -0.137. The molecular weight excluding hydrogens is 425 g/mol. The molecule has 32 heavy (non-hydrogen) atoms. The standard InChI is InChI=1S/C21H25F3N6O2/c1-13-8-15(21(22,23)24)10-16(9-13)28-20(32)29(3)17-4-6-30(7-5-17)19-12-25-18(11-26-19)27-14(2)31/h8-12,17H,4-7H2,1-3H3,(H,28,32)(H,25,27,31). The van der Waals surface area contributed by atoms with E-state index in [1.54, 1.807) is 20.2 Å². The summed E-state index contributed by atoms with van der Waals surface area (Å²) >= 11 is 0. The van der Waals surface area contributed by atoms with Crippen molar-refractivity contribution in [1.82, 2.24) is 14.9 Å². The van der Waals surface area contributed by atoms with Gasteiger partial charge in [0.15, 0.2) is 5.82 Å². The monoisotopic (exact) mass is 450 g/mol. The molecule has 2 N–H and O–H groups in total. The van der Waals surface area contributed by atoms with E-state index in [0.29, 0.717) is 43.1 Å². The van der Waals surface area contributed by atoms with Crippen LogP contribution in [0, 0.1) is 6.92 Å². The lowest BCUT2D eigenvalue weighted by atomic mass is 10.0. The van der Waals surface area contributed by atoms with Gasteiger partial charge in [0.25, 0.3) is 0 Å². The molecule has 0 unspecified atom stereocenters. The number of rotatable bonds is 4. The van der Waals surface area contributed by atoms with Crippen LogP contribution in [0.25, 0.3) is 0 Å². The number of nitrogens with one attached hydrogen (secondary N) is 2. The van der Waals surface area contributed by atoms with Crippen molar-refractivity contribution in [3.05, 3.63) is 41.7 Å². The van der Waals surface area contributed by atoms with Crippen LogP contribution < -0.4 is 15.5 Å². The summed E-state index contributed by atoms with van der Waals surface area (Å²) in [6, 6.07) is 2.96. The van der Waals surface area contributed by atoms with Gasteiger partial charge in [-0.05, 0) is 43.5 Å². The average Bonchev–Trinajstić information content (AvgIpc) is 2.72. The first-order chi connectivity index (χ1) is 15.0. The Hall–Kier alpha value is -3.37. The zero-order chi connectivity index (χ0) is 23.5. The van der Waals surface area contributed by atoms with E-state index in [0.717, 1.165) is 12.1 Å². The second kappa shape index (κ2) is 9.41. The Morgan fingerprint density at radius 2 is 1.78 bits per heavy atom. The van der Waals surface area contributed by atoms with Crippen molar-refractivity contribution < 1.29 is 22.8 Å². The molecule has 0 aliphatic carbocycles. The fourth-order valence-electron chi connectivity index (χ4n) is 3.61. The molecule has 1 aromatic carbocycles. The van der Waals surface area contributed by atoms with Gasteiger partial charge in [-0.15, -0.1) is 0 Å². The first-order valence-corrected chi connectivity index (χ1v) is 10.1. The Labute approximate surface area is 183 Å². The number of aromatic nitrogens is 2. The summed E-state index contributed by atoms with van der Waals surface area (Å²) in [4.78, 5) is 35.7. The number of nitrogens with zero attached hydrogens (tertiary/aromatic N) is 4. The van der Waals surface area contributed by atoms with Gasteiger partial charge < -0.3 is 20.4 Å². The number of aryl methyl sites for hydroxylation is 1. The van der Waals surface area contributed by atoms with Crippen molar-refractivity contribution in [1.29, 1.82) is 0 Å². The molecule has 0 saturated carbocycles. The highest BCUT2D eigenvalue weighted by Crippen LogP contribution is 2.32. The molecule has 172 valence electrons. The van der Waals surface area contributed by atoms with Crippen molar-refractivity contribution in [2.24, 2.45) is 0 Å². The van der Waals surface area contributed by atoms with Gasteiger partial charge in [0, 0.05) is 38.8 Å². The first kappa shape index (κ1) is 23.3. The highest BCUT2D eigenvalue weighted by atomic mass is 19.4. The van der Waals surface area contributed by atoms with Crippen LogP contribution >= 0.6 is 0 Å². The van der Waals surface area contributed by atoms with Crippen LogP contribution in [-0.4, -0.2) is 53.0 Å². The molecule has 0 bridgehead atoms. The first-order valence-electron chi connectivity index (χ1n) is 10.1. The van der Waals surface area contributed by atoms with Gasteiger partial charge in [0.2, 0.25) is 5.91 Å². The van der Waals surface area contributed by atoms with E-state index in [1.165, 1.54) is 24.1 Å². The lowest BCUT2D eigenvalue weighted by Gasteiger charge is -2.37. The summed E-state index contributed by atoms with van der Waals surface area (Å²) in [5.74, 6) is 0.816. The molecule has 1 fully saturated rings. The zero-order valence-corrected chi connectivity index (χ0v) is 18.0. The lowest BCUT2D eigenvalue weighted by Crippen LogP contribution is -2.47. The minimum Gasteiger partial charge on any atom is -0.355 e. The van der Waals surface area contributed by atoms with Crippen molar-refractivity contribution in [2.45, 2.75) is 38.9 Å². The minimum atomic E-state index is -4.48. The average molecular weight is 450 g/mol. The van der Waals surface area contributed by atoms with E-state index < -0.39 is 17.8 Å². The number of amides is 3. The van der Waals surface area contributed by atoms with Crippen LogP contribution in [0.4, 0.5) is 35.3 Å². The zero-order valence-electron chi connectivity index (χ0n) is 18.0. The molecule has 3 rings (SSSR count). The Morgan fingerprint density at radius 3 is 2.34 bits per heavy atom. The highest BCUT2D eigenvalue weighted by molar-refractivity contribution is 5.89. The van der Waals surface area contributed by atoms with Crippen molar-refractivity contribution in [3.63, 3.8) is 0 Å². The SMILES string of the molecule is CC(=O)Nc1cnc(N2CCC(N(C)C(=O)Nc3cc(C)cc(C(F)(F)F)c3)CC2)cn1. The summed E-state index contributed by atoms with van der Waals surface area (Å²) in [6.07, 6.45) is -0.0772. The molecule has 0 spiro atoms. The quantitative estimate of drug-likeness (QED) is 0.738. The van der Waals surface area contributed by atoms with Crippen LogP contribution in [0.5, 0.6) is 0 Å². The molecule has 1 aliphatic rings. The van der Waals surface area contributed by atoms with Crippen LogP contribution in [0.1, 0.15) is 30.9 Å². The van der Waals surface area contributed by atoms with E-state index in [1.807, 2.05) is 4.90 Å². The van der Waals surface area contributed by atoms with Crippen molar-refractivity contribution in [3.8, 4) is 0 Å². The molecule has 11 heteroatoms. The third-order valence-corrected chi connectivity index (χ3v) is 5.25. The number of carbonyl (C=O) groups excluding carboxylic acids is 2. The second-order valence-corrected chi connectivity index (χ2v) is 7.79. The van der Waals surface area contributed by atoms with Gasteiger partial charge in [-0.3, -0.25) is 4.79 Å². The van der Waals surface area contributed by atoms with Crippen LogP contribution in [0.3, 0.4) is 0 Å². The number of benzene rings is 1. The normalized spacial score (nSPS) is 14.8. The number of halogens is 3. The fraction of sp³-hybridized carbons (Fsp3) is 0.429. The van der Waals surface area contributed by atoms with Gasteiger partial charge in [0.1, 0.15) is 5.82 Å². The third-order valence-electron chi connectivity index (χ3n) is 5.25. The maximum Gasteiger partial charge on any atom is 0.416 e. The van der Waals surface area contributed by atoms with Crippen molar-refractivity contribution in [2.75, 3.05) is 35.7 Å². The van der Waals surface area contributed by atoms with Gasteiger partial charge in [0.05, 0.1) is 18.0 Å². The number of carbonyl (C=O) groups is 2. The van der Waals surface area contributed by atoms with E-state index in [-0.39, 0.29) is 17.6 Å². The number of piperidine rings is 1. The van der Waals surface area contributed by atoms with E-state index in [4.69, 9.17) is 0 Å². The smallest absolute Gasteiger partial charge is 0.355 e. The molecule has 2 aromatic rings. The molecular formula is C21H25F3N6O2. The Kier molecular flexibility index (Phi) is 6.85. The molecule has 1 aliphatic heterocycles. The predicted molar refractivity (Wildman–Crippen MR) is 115 cm³/mol. The van der Waals surface area contributed by atoms with Crippen LogP contribution in [-0.2, 0) is 11.0 Å². The molecule has 1 saturated heterocycles. The van der Waals surface area contributed by atoms with E-state index in [2.05, 4.69) is 20.6 Å². The highest BCUT2D eigenvalue weighted by Gasteiger charge is 2.31. The maximum atomic E-state index is 13.0. The van der Waals surface area contributed by atoms with Gasteiger partial charge >= 0.3 is 12.2 Å². The summed E-state index contributed by atoms with van der Waals surface area (Å²) in [5.41, 5.74) is -0.271. The summed E-state index contributed by atoms with van der Waals surface area (Å²) in [5, 5.41) is 5.13. The minimum absolute atomic E-state index is 0.0650. The van der Waals surface area contributed by atoms with Gasteiger partial charge in [-0.1, -0.05) is 0 Å². The topological polar surface area (TPSA) is 90.5 Å². The van der Waals surface area contributed by atoms with Crippen LogP contribution in [0.15, 0.2) is 30.6 Å². The third kappa shape index (κ3) is 5.86. The Morgan fingerprint density at radius 1 is 1.09 bits per heavy atom. The maximum absolute atomic E-state index is 13.0. The van der Waals surface area contributed by atoms with Crippen molar-refractivity contribution >= 4 is 29.3 Å². The van der Waals surface area contributed by atoms with E-state index >= 15 is 0 Å². The second-order valence-electron chi connectivity index (χ2n) is 7.79. The number of hydrogen-bond donors (Lipinski definition) is 2. The predicted octanol–water partition coefficient (Wildman–Crippen LogP) is 3.89. The number of alkyl halides is 3. The van der Waals surface area contributed by atoms with Gasteiger partial charge in [-0.2, -0.15) is 13.2 Å². The molecule has 8 nitrogen and oxygen atoms in total. The van der Waals surface area contributed by atoms with Crippen LogP contribution in [0.2, 0.25) is 0 Å². The summed E-state index contributed by atoms with van der Waals surface area (Å²) in [7, 11) is 1.64. The number of hydrogen-bond acceptors (Lipinski definition) is 5. The molecule has 1 aromatic heterocycles. The number of anilines is 3. The summed E-state index contributed by atoms with van der Waals surface area (Å²) < 4.78 is 39.1. The molecule has 0 atom stereocenters. The number of urea groups is 1. The molecule has 3 amide bonds. The molecule has 0 radical (unpaired) electrons. The van der Waals surface area contributed by atoms with Gasteiger partial charge in [-0.25, -0.2) is 14.8 Å². The Balaban J connectivity index is 1.57. The Bertz CT molecular complexity index is 972. The fourth-order valence-corrected chi connectivity index (χ4v) is 3.61.